The quantitative estimate of drug-likeness (QED) is 0.408. The monoisotopic (exact) mass is 434 g/mol. The number of primary amides is 1. The molecule has 22 heavy (non-hydrogen) atoms. The molecule has 0 fully saturated rings. The highest BCUT2D eigenvalue weighted by Gasteiger charge is 2.19. The molecule has 1 amide bonds. The van der Waals surface area contributed by atoms with Gasteiger partial charge in [0.1, 0.15) is 4.90 Å². The first-order valence-electron chi connectivity index (χ1n) is 6.41. The van der Waals surface area contributed by atoms with E-state index in [-0.39, 0.29) is 21.1 Å². The third-order valence-electron chi connectivity index (χ3n) is 3.23. The average molecular weight is 434 g/mol. The van der Waals surface area contributed by atoms with Gasteiger partial charge in [-0.15, -0.1) is 0 Å². The molecule has 0 aromatic heterocycles. The average Bonchev–Trinajstić information content (AvgIpc) is 2.46. The molecule has 0 heterocycles. The summed E-state index contributed by atoms with van der Waals surface area (Å²) in [4.78, 5) is 11.0. The Morgan fingerprint density at radius 3 is 2.45 bits per heavy atom. The normalized spacial score (nSPS) is 13.2. The fourth-order valence-electron chi connectivity index (χ4n) is 2.32. The molecule has 2 rings (SSSR count). The van der Waals surface area contributed by atoms with Crippen LogP contribution in [-0.2, 0) is 25.6 Å². The van der Waals surface area contributed by atoms with Crippen molar-refractivity contribution in [2.24, 2.45) is 11.6 Å². The molecule has 0 radical (unpaired) electrons. The van der Waals surface area contributed by atoms with Crippen molar-refractivity contribution in [3.8, 4) is 0 Å². The molecule has 0 saturated heterocycles. The predicted octanol–water partition coefficient (Wildman–Crippen LogP) is 1.64. The van der Waals surface area contributed by atoms with Crippen LogP contribution in [0.25, 0.3) is 10.8 Å². The lowest BCUT2D eigenvalue weighted by molar-refractivity contribution is -0.117. The van der Waals surface area contributed by atoms with E-state index in [0.717, 1.165) is 10.9 Å². The van der Waals surface area contributed by atoms with Crippen molar-refractivity contribution in [2.45, 2.75) is 21.7 Å². The molecule has 8 heteroatoms. The summed E-state index contributed by atoms with van der Waals surface area (Å²) < 4.78 is 27.9. The number of hydrogen-bond acceptors (Lipinski definition) is 5. The van der Waals surface area contributed by atoms with Crippen LogP contribution >= 0.6 is 22.6 Å². The first-order chi connectivity index (χ1) is 10.3. The van der Waals surface area contributed by atoms with Crippen LogP contribution in [0.1, 0.15) is 12.0 Å². The van der Waals surface area contributed by atoms with Crippen LogP contribution in [0.4, 0.5) is 0 Å². The summed E-state index contributed by atoms with van der Waals surface area (Å²) >= 11 is 2.16. The Kier molecular flexibility index (Phi) is 5.37. The molecule has 118 valence electrons. The van der Waals surface area contributed by atoms with Gasteiger partial charge in [-0.25, -0.2) is 0 Å². The van der Waals surface area contributed by atoms with Crippen molar-refractivity contribution in [3.63, 3.8) is 0 Å². The Morgan fingerprint density at radius 2 is 1.82 bits per heavy atom. The van der Waals surface area contributed by atoms with Gasteiger partial charge in [-0.05, 0) is 23.4 Å². The Balaban J connectivity index is 2.51. The minimum atomic E-state index is -3.99. The van der Waals surface area contributed by atoms with E-state index in [9.17, 15) is 13.2 Å². The smallest absolute Gasteiger partial charge is 0.313 e. The predicted molar refractivity (Wildman–Crippen MR) is 91.7 cm³/mol. The second-order valence-corrected chi connectivity index (χ2v) is 8.09. The van der Waals surface area contributed by atoms with Crippen molar-refractivity contribution in [3.05, 3.63) is 42.0 Å². The zero-order valence-corrected chi connectivity index (χ0v) is 14.5. The van der Waals surface area contributed by atoms with Gasteiger partial charge in [-0.3, -0.25) is 4.79 Å². The number of alkyl halides is 1. The molecule has 0 aliphatic heterocycles. The highest BCUT2D eigenvalue weighted by Crippen LogP contribution is 2.28. The fourth-order valence-corrected chi connectivity index (χ4v) is 4.03. The van der Waals surface area contributed by atoms with Gasteiger partial charge >= 0.3 is 10.1 Å². The molecule has 0 aliphatic carbocycles. The molecule has 0 saturated carbocycles. The van der Waals surface area contributed by atoms with Crippen LogP contribution < -0.4 is 11.6 Å². The number of benzene rings is 2. The van der Waals surface area contributed by atoms with Crippen molar-refractivity contribution in [1.82, 2.24) is 0 Å². The van der Waals surface area contributed by atoms with E-state index < -0.39 is 10.1 Å². The largest absolute Gasteiger partial charge is 0.370 e. The number of hydrogen-bond donors (Lipinski definition) is 2. The van der Waals surface area contributed by atoms with Gasteiger partial charge < -0.3 is 5.73 Å². The first-order valence-corrected chi connectivity index (χ1v) is 9.07. The molecule has 0 bridgehead atoms. The molecule has 1 atom stereocenters. The number of fused-ring (bicyclic) bond motifs is 1. The number of halogens is 1. The van der Waals surface area contributed by atoms with Crippen LogP contribution in [0.5, 0.6) is 0 Å². The number of amides is 1. The highest BCUT2D eigenvalue weighted by atomic mass is 127. The van der Waals surface area contributed by atoms with Crippen molar-refractivity contribution >= 4 is 49.4 Å². The van der Waals surface area contributed by atoms with Crippen LogP contribution in [-0.4, -0.2) is 18.2 Å². The summed E-state index contributed by atoms with van der Waals surface area (Å²) in [5.74, 6) is 4.50. The fraction of sp³-hybridized carbons (Fsp3) is 0.214. The second kappa shape index (κ2) is 6.90. The summed E-state index contributed by atoms with van der Waals surface area (Å²) in [5, 5.41) is 1.32. The van der Waals surface area contributed by atoms with Crippen molar-refractivity contribution in [1.29, 1.82) is 0 Å². The topological polar surface area (TPSA) is 112 Å². The van der Waals surface area contributed by atoms with Crippen LogP contribution in [0.15, 0.2) is 41.3 Å². The molecule has 0 aliphatic rings. The number of rotatable bonds is 6. The van der Waals surface area contributed by atoms with E-state index in [4.69, 9.17) is 11.6 Å². The van der Waals surface area contributed by atoms with Crippen LogP contribution in [0.3, 0.4) is 0 Å². The Labute approximate surface area is 142 Å². The summed E-state index contributed by atoms with van der Waals surface area (Å²) in [6, 6.07) is 10.3. The van der Waals surface area contributed by atoms with Crippen molar-refractivity contribution < 1.29 is 17.5 Å². The molecule has 6 nitrogen and oxygen atoms in total. The van der Waals surface area contributed by atoms with Gasteiger partial charge in [0, 0.05) is 15.7 Å². The maximum absolute atomic E-state index is 11.9. The van der Waals surface area contributed by atoms with E-state index in [1.165, 1.54) is 6.07 Å². The summed E-state index contributed by atoms with van der Waals surface area (Å²) in [6.07, 6.45) is 0.870. The van der Waals surface area contributed by atoms with Crippen LogP contribution in [0.2, 0.25) is 0 Å². The van der Waals surface area contributed by atoms with E-state index >= 15 is 0 Å². The molecule has 1 unspecified atom stereocenters. The lowest BCUT2D eigenvalue weighted by Crippen LogP contribution is -2.17. The van der Waals surface area contributed by atoms with Crippen molar-refractivity contribution in [2.75, 3.05) is 0 Å². The molecular formula is C14H15IN2O4S. The lowest BCUT2D eigenvalue weighted by atomic mass is 10.00. The maximum Gasteiger partial charge on any atom is 0.313 e. The van der Waals surface area contributed by atoms with E-state index in [1.807, 2.05) is 12.1 Å². The Morgan fingerprint density at radius 1 is 1.18 bits per heavy atom. The Bertz CT molecular complexity index is 808. The second-order valence-electron chi connectivity index (χ2n) is 4.79. The third kappa shape index (κ3) is 3.75. The lowest BCUT2D eigenvalue weighted by Gasteiger charge is -2.12. The zero-order chi connectivity index (χ0) is 16.3. The van der Waals surface area contributed by atoms with Gasteiger partial charge in [0.05, 0.1) is 0 Å². The molecular weight excluding hydrogens is 419 g/mol. The minimum absolute atomic E-state index is 0.0225. The molecule has 4 N–H and O–H groups in total. The zero-order valence-electron chi connectivity index (χ0n) is 11.5. The number of carbonyl (C=O) groups is 1. The molecule has 2 aromatic carbocycles. The SMILES string of the molecule is NOS(=O)(=O)c1cccc2c(CC(I)CC(N)=O)cccc12. The molecule has 0 spiro atoms. The summed E-state index contributed by atoms with van der Waals surface area (Å²) in [6.45, 7) is 0. The maximum atomic E-state index is 11.9. The third-order valence-corrected chi connectivity index (χ3v) is 5.26. The summed E-state index contributed by atoms with van der Waals surface area (Å²) in [5.41, 5.74) is 6.14. The number of nitrogens with two attached hydrogens (primary N) is 2. The summed E-state index contributed by atoms with van der Waals surface area (Å²) in [7, 11) is -3.99. The van der Waals surface area contributed by atoms with Gasteiger partial charge in [0.15, 0.2) is 0 Å². The van der Waals surface area contributed by atoms with Gasteiger partial charge in [-0.2, -0.15) is 18.6 Å². The molecule has 2 aromatic rings. The highest BCUT2D eigenvalue weighted by molar-refractivity contribution is 14.1. The van der Waals surface area contributed by atoms with Gasteiger partial charge in [0.25, 0.3) is 0 Å². The minimum Gasteiger partial charge on any atom is -0.370 e. The van der Waals surface area contributed by atoms with Crippen LogP contribution in [0, 0.1) is 0 Å². The Hall–Kier alpha value is -1.23. The van der Waals surface area contributed by atoms with Gasteiger partial charge in [0.2, 0.25) is 5.91 Å². The van der Waals surface area contributed by atoms with Gasteiger partial charge in [-0.1, -0.05) is 52.9 Å². The van der Waals surface area contributed by atoms with E-state index in [0.29, 0.717) is 11.8 Å². The van der Waals surface area contributed by atoms with E-state index in [2.05, 4.69) is 26.9 Å². The van der Waals surface area contributed by atoms with E-state index in [1.54, 1.807) is 18.2 Å². The first kappa shape index (κ1) is 17.1. The standard InChI is InChI=1S/C14H15IN2O4S/c15-10(8-14(16)18)7-9-3-1-5-12-11(9)4-2-6-13(12)22(19,20)21-17/h1-6,10H,7-8,17H2,(H2,16,18). The number of carbonyl (C=O) groups excluding carboxylic acids is 1.